The van der Waals surface area contributed by atoms with E-state index < -0.39 is 30.4 Å². The number of carbonyl (C=O) groups is 1. The van der Waals surface area contributed by atoms with E-state index in [1.807, 2.05) is 0 Å². The van der Waals surface area contributed by atoms with Crippen molar-refractivity contribution in [3.05, 3.63) is 0 Å². The fraction of sp³-hybridized carbons (Fsp3) is 0.929. The smallest absolute Gasteiger partial charge is 0.306 e. The van der Waals surface area contributed by atoms with Crippen molar-refractivity contribution in [1.82, 2.24) is 0 Å². The minimum atomic E-state index is -1.20. The van der Waals surface area contributed by atoms with Crippen LogP contribution in [0.2, 0.25) is 0 Å². The van der Waals surface area contributed by atoms with E-state index in [0.29, 0.717) is 0 Å². The van der Waals surface area contributed by atoms with Gasteiger partial charge in [-0.15, -0.1) is 0 Å². The van der Waals surface area contributed by atoms with Gasteiger partial charge in [-0.25, -0.2) is 0 Å². The molecule has 1 saturated heterocycles. The summed E-state index contributed by atoms with van der Waals surface area (Å²) in [5.41, 5.74) is 0. The van der Waals surface area contributed by atoms with Gasteiger partial charge in [-0.1, -0.05) is 32.6 Å². The first-order valence-corrected chi connectivity index (χ1v) is 7.38. The molecular weight excluding hydrogens is 264 g/mol. The Labute approximate surface area is 119 Å². The van der Waals surface area contributed by atoms with E-state index in [1.165, 1.54) is 0 Å². The zero-order chi connectivity index (χ0) is 15.0. The Morgan fingerprint density at radius 2 is 1.95 bits per heavy atom. The molecule has 1 fully saturated rings. The SMILES string of the molecule is CCCCCCCC(=O)O[C@H]1[C@H](O)[C@@H](CO)OC[C@H]1O. The van der Waals surface area contributed by atoms with E-state index in [4.69, 9.17) is 14.6 Å². The van der Waals surface area contributed by atoms with Gasteiger partial charge in [0.1, 0.15) is 18.3 Å². The van der Waals surface area contributed by atoms with Gasteiger partial charge in [-0.05, 0) is 6.42 Å². The lowest BCUT2D eigenvalue weighted by Gasteiger charge is -2.36. The topological polar surface area (TPSA) is 96.2 Å². The maximum absolute atomic E-state index is 11.7. The number of aliphatic hydroxyl groups is 3. The molecule has 6 heteroatoms. The quantitative estimate of drug-likeness (QED) is 0.441. The van der Waals surface area contributed by atoms with Crippen LogP contribution in [-0.4, -0.2) is 58.9 Å². The average Bonchev–Trinajstić information content (AvgIpc) is 2.43. The molecule has 0 aromatic rings. The maximum atomic E-state index is 11.7. The van der Waals surface area contributed by atoms with Crippen molar-refractivity contribution in [2.45, 2.75) is 69.9 Å². The molecule has 0 aromatic heterocycles. The highest BCUT2D eigenvalue weighted by molar-refractivity contribution is 5.69. The molecule has 0 spiro atoms. The number of esters is 1. The van der Waals surface area contributed by atoms with Gasteiger partial charge < -0.3 is 24.8 Å². The molecule has 118 valence electrons. The van der Waals surface area contributed by atoms with Crippen LogP contribution < -0.4 is 0 Å². The second-order valence-corrected chi connectivity index (χ2v) is 5.23. The van der Waals surface area contributed by atoms with Crippen molar-refractivity contribution in [2.24, 2.45) is 0 Å². The maximum Gasteiger partial charge on any atom is 0.306 e. The van der Waals surface area contributed by atoms with Crippen LogP contribution >= 0.6 is 0 Å². The minimum absolute atomic E-state index is 0.0588. The fourth-order valence-corrected chi connectivity index (χ4v) is 2.25. The average molecular weight is 290 g/mol. The fourth-order valence-electron chi connectivity index (χ4n) is 2.25. The number of hydrogen-bond donors (Lipinski definition) is 3. The zero-order valence-electron chi connectivity index (χ0n) is 12.0. The van der Waals surface area contributed by atoms with Crippen molar-refractivity contribution < 1.29 is 29.6 Å². The third-order valence-corrected chi connectivity index (χ3v) is 3.51. The molecule has 1 rings (SSSR count). The molecule has 0 aromatic carbocycles. The van der Waals surface area contributed by atoms with Crippen LogP contribution in [0.3, 0.4) is 0 Å². The Morgan fingerprint density at radius 1 is 1.25 bits per heavy atom. The monoisotopic (exact) mass is 290 g/mol. The molecule has 0 unspecified atom stereocenters. The number of carbonyl (C=O) groups excluding carboxylic acids is 1. The molecule has 0 radical (unpaired) electrons. The molecule has 1 aliphatic heterocycles. The largest absolute Gasteiger partial charge is 0.457 e. The highest BCUT2D eigenvalue weighted by atomic mass is 16.6. The molecule has 1 aliphatic rings. The van der Waals surface area contributed by atoms with Gasteiger partial charge >= 0.3 is 5.97 Å². The molecule has 0 amide bonds. The molecule has 6 nitrogen and oxygen atoms in total. The second-order valence-electron chi connectivity index (χ2n) is 5.23. The number of ether oxygens (including phenoxy) is 2. The van der Waals surface area contributed by atoms with Crippen LogP contribution in [-0.2, 0) is 14.3 Å². The molecule has 3 N–H and O–H groups in total. The zero-order valence-corrected chi connectivity index (χ0v) is 12.0. The van der Waals surface area contributed by atoms with E-state index in [-0.39, 0.29) is 19.6 Å². The third-order valence-electron chi connectivity index (χ3n) is 3.51. The van der Waals surface area contributed by atoms with E-state index in [0.717, 1.165) is 32.1 Å². The van der Waals surface area contributed by atoms with Gasteiger partial charge in [-0.3, -0.25) is 4.79 Å². The van der Waals surface area contributed by atoms with Crippen LogP contribution in [0, 0.1) is 0 Å². The number of unbranched alkanes of at least 4 members (excludes halogenated alkanes) is 4. The summed E-state index contributed by atoms with van der Waals surface area (Å²) in [5.74, 6) is -0.428. The van der Waals surface area contributed by atoms with Gasteiger partial charge in [0.2, 0.25) is 0 Å². The Balaban J connectivity index is 2.31. The first-order valence-electron chi connectivity index (χ1n) is 7.38. The normalized spacial score (nSPS) is 30.2. The standard InChI is InChI=1S/C14H26O6/c1-2-3-4-5-6-7-12(17)20-14-10(16)9-19-11(8-15)13(14)18/h10-11,13-16,18H,2-9H2,1H3/t10-,11-,13-,14-/m1/s1. The predicted molar refractivity (Wildman–Crippen MR) is 72.1 cm³/mol. The van der Waals surface area contributed by atoms with Crippen molar-refractivity contribution in [1.29, 1.82) is 0 Å². The Bertz CT molecular complexity index is 283. The predicted octanol–water partition coefficient (Wildman–Crippen LogP) is 0.372. The summed E-state index contributed by atoms with van der Waals surface area (Å²) >= 11 is 0. The molecule has 0 aliphatic carbocycles. The first kappa shape index (κ1) is 17.4. The Hall–Kier alpha value is -0.690. The van der Waals surface area contributed by atoms with Gasteiger partial charge in [0, 0.05) is 6.42 Å². The Kier molecular flexibility index (Phi) is 8.06. The van der Waals surface area contributed by atoms with Crippen molar-refractivity contribution >= 4 is 5.97 Å². The summed E-state index contributed by atoms with van der Waals surface area (Å²) in [4.78, 5) is 11.7. The van der Waals surface area contributed by atoms with Gasteiger partial charge in [0.25, 0.3) is 0 Å². The molecule has 0 saturated carbocycles. The van der Waals surface area contributed by atoms with E-state index >= 15 is 0 Å². The summed E-state index contributed by atoms with van der Waals surface area (Å²) in [6.07, 6.45) is 1.30. The summed E-state index contributed by atoms with van der Waals surface area (Å²) in [5, 5.41) is 28.6. The lowest BCUT2D eigenvalue weighted by molar-refractivity contribution is -0.213. The van der Waals surface area contributed by atoms with Crippen molar-refractivity contribution in [2.75, 3.05) is 13.2 Å². The number of hydrogen-bond acceptors (Lipinski definition) is 6. The summed E-state index contributed by atoms with van der Waals surface area (Å²) in [7, 11) is 0. The summed E-state index contributed by atoms with van der Waals surface area (Å²) < 4.78 is 10.2. The second kappa shape index (κ2) is 9.28. The Morgan fingerprint density at radius 3 is 2.60 bits per heavy atom. The third kappa shape index (κ3) is 5.36. The highest BCUT2D eigenvalue weighted by Crippen LogP contribution is 2.19. The molecule has 20 heavy (non-hydrogen) atoms. The molecule has 4 atom stereocenters. The van der Waals surface area contributed by atoms with Crippen molar-refractivity contribution in [3.63, 3.8) is 0 Å². The first-order chi connectivity index (χ1) is 9.60. The summed E-state index contributed by atoms with van der Waals surface area (Å²) in [6, 6.07) is 0. The van der Waals surface area contributed by atoms with Crippen LogP contribution in [0.1, 0.15) is 45.4 Å². The van der Waals surface area contributed by atoms with Crippen LogP contribution in [0.4, 0.5) is 0 Å². The summed E-state index contributed by atoms with van der Waals surface area (Å²) in [6.45, 7) is 1.69. The van der Waals surface area contributed by atoms with Crippen LogP contribution in [0.5, 0.6) is 0 Å². The van der Waals surface area contributed by atoms with Gasteiger partial charge in [0.05, 0.1) is 13.2 Å². The van der Waals surface area contributed by atoms with Crippen LogP contribution in [0.15, 0.2) is 0 Å². The lowest BCUT2D eigenvalue weighted by atomic mass is 10.0. The molecular formula is C14H26O6. The van der Waals surface area contributed by atoms with E-state index in [2.05, 4.69) is 6.92 Å². The van der Waals surface area contributed by atoms with Gasteiger partial charge in [-0.2, -0.15) is 0 Å². The number of rotatable bonds is 8. The lowest BCUT2D eigenvalue weighted by Crippen LogP contribution is -2.55. The number of aliphatic hydroxyl groups excluding tert-OH is 3. The molecule has 0 bridgehead atoms. The van der Waals surface area contributed by atoms with Gasteiger partial charge in [0.15, 0.2) is 6.10 Å². The van der Waals surface area contributed by atoms with E-state index in [1.54, 1.807) is 0 Å². The molecule has 1 heterocycles. The highest BCUT2D eigenvalue weighted by Gasteiger charge is 2.40. The van der Waals surface area contributed by atoms with E-state index in [9.17, 15) is 15.0 Å². The van der Waals surface area contributed by atoms with Crippen LogP contribution in [0.25, 0.3) is 0 Å². The van der Waals surface area contributed by atoms with Crippen molar-refractivity contribution in [3.8, 4) is 0 Å². The minimum Gasteiger partial charge on any atom is -0.457 e.